The van der Waals surface area contributed by atoms with Crippen molar-refractivity contribution in [1.82, 2.24) is 15.1 Å². The van der Waals surface area contributed by atoms with Gasteiger partial charge in [-0.25, -0.2) is 4.79 Å². The Morgan fingerprint density at radius 2 is 1.90 bits per heavy atom. The average molecular weight is 401 g/mol. The first kappa shape index (κ1) is 22.1. The van der Waals surface area contributed by atoms with E-state index in [1.54, 1.807) is 0 Å². The molecule has 0 radical (unpaired) electrons. The molecular weight excluding hydrogens is 360 g/mol. The molecule has 2 atom stereocenters. The summed E-state index contributed by atoms with van der Waals surface area (Å²) in [5, 5.41) is 6.10. The molecule has 2 fully saturated rings. The predicted molar refractivity (Wildman–Crippen MR) is 121 cm³/mol. The molecule has 0 unspecified atom stereocenters. The summed E-state index contributed by atoms with van der Waals surface area (Å²) in [4.78, 5) is 17.6. The number of urea groups is 1. The van der Waals surface area contributed by atoms with Gasteiger partial charge >= 0.3 is 6.03 Å². The number of hydrogen-bond donors (Lipinski definition) is 2. The summed E-state index contributed by atoms with van der Waals surface area (Å²) in [6.07, 6.45) is 10.7. The van der Waals surface area contributed by atoms with E-state index >= 15 is 0 Å². The van der Waals surface area contributed by atoms with Gasteiger partial charge in [-0.3, -0.25) is 4.90 Å². The Balaban J connectivity index is 1.55. The predicted octanol–water partition coefficient (Wildman–Crippen LogP) is 4.56. The lowest BCUT2D eigenvalue weighted by molar-refractivity contribution is 0.138. The lowest BCUT2D eigenvalue weighted by Crippen LogP contribution is -2.48. The normalized spacial score (nSPS) is 22.0. The Hall–Kier alpha value is -1.59. The maximum Gasteiger partial charge on any atom is 0.319 e. The van der Waals surface area contributed by atoms with Gasteiger partial charge in [0.15, 0.2) is 0 Å². The molecule has 5 heteroatoms. The molecule has 2 N–H and O–H groups in total. The molecule has 2 aliphatic rings. The number of likely N-dealkylation sites (tertiary alicyclic amines) is 1. The minimum Gasteiger partial charge on any atom is -0.336 e. The molecule has 1 aromatic carbocycles. The number of nitrogens with zero attached hydrogens (tertiary/aromatic N) is 2. The van der Waals surface area contributed by atoms with Crippen LogP contribution < -0.4 is 10.6 Å². The highest BCUT2D eigenvalue weighted by Gasteiger charge is 2.28. The lowest BCUT2D eigenvalue weighted by Gasteiger charge is -2.36. The molecule has 162 valence electrons. The second kappa shape index (κ2) is 11.6. The third kappa shape index (κ3) is 7.00. The summed E-state index contributed by atoms with van der Waals surface area (Å²) < 4.78 is 0. The van der Waals surface area contributed by atoms with Gasteiger partial charge in [-0.2, -0.15) is 0 Å². The molecule has 0 aromatic heterocycles. The third-order valence-corrected chi connectivity index (χ3v) is 6.89. The topological polar surface area (TPSA) is 47.6 Å². The summed E-state index contributed by atoms with van der Waals surface area (Å²) in [7, 11) is 2.26. The van der Waals surface area contributed by atoms with E-state index in [0.29, 0.717) is 18.6 Å². The number of carbonyl (C=O) groups is 1. The van der Waals surface area contributed by atoms with Crippen LogP contribution in [0.1, 0.15) is 58.3 Å². The van der Waals surface area contributed by atoms with Crippen LogP contribution in [0.2, 0.25) is 0 Å². The summed E-state index contributed by atoms with van der Waals surface area (Å²) >= 11 is 0. The van der Waals surface area contributed by atoms with Crippen molar-refractivity contribution in [3.8, 4) is 0 Å². The Morgan fingerprint density at radius 3 is 2.62 bits per heavy atom. The summed E-state index contributed by atoms with van der Waals surface area (Å²) in [5.74, 6) is 0.807. The van der Waals surface area contributed by atoms with E-state index in [-0.39, 0.29) is 6.03 Å². The van der Waals surface area contributed by atoms with Crippen LogP contribution in [0, 0.1) is 5.92 Å². The maximum absolute atomic E-state index is 12.4. The first-order valence-corrected chi connectivity index (χ1v) is 11.7. The van der Waals surface area contributed by atoms with E-state index in [4.69, 9.17) is 0 Å². The van der Waals surface area contributed by atoms with Gasteiger partial charge in [0.1, 0.15) is 0 Å². The highest BCUT2D eigenvalue weighted by molar-refractivity contribution is 5.89. The Kier molecular flexibility index (Phi) is 8.81. The van der Waals surface area contributed by atoms with Gasteiger partial charge in [-0.15, -0.1) is 0 Å². The van der Waals surface area contributed by atoms with Crippen molar-refractivity contribution in [2.75, 3.05) is 38.5 Å². The van der Waals surface area contributed by atoms with Crippen molar-refractivity contribution in [2.45, 2.75) is 70.4 Å². The standard InChI is InChI=1S/C24H40N4O/c1-3-28-16-10-15-22(28)19-27(2)23(17-20-11-6-4-7-12-20)18-25-24(29)26-21-13-8-5-9-14-21/h5,8-9,13-14,20,22-23H,3-4,6-7,10-12,15-19H2,1-2H3,(H2,25,26,29)/t22-,23-/m1/s1. The smallest absolute Gasteiger partial charge is 0.319 e. The van der Waals surface area contributed by atoms with Crippen molar-refractivity contribution >= 4 is 11.7 Å². The van der Waals surface area contributed by atoms with Crippen LogP contribution in [0.25, 0.3) is 0 Å². The Bertz CT molecular complexity index is 602. The van der Waals surface area contributed by atoms with Crippen molar-refractivity contribution in [3.63, 3.8) is 0 Å². The van der Waals surface area contributed by atoms with Crippen molar-refractivity contribution in [3.05, 3.63) is 30.3 Å². The van der Waals surface area contributed by atoms with Crippen LogP contribution in [0.15, 0.2) is 30.3 Å². The van der Waals surface area contributed by atoms with Gasteiger partial charge in [-0.05, 0) is 57.5 Å². The van der Waals surface area contributed by atoms with E-state index in [9.17, 15) is 4.79 Å². The van der Waals surface area contributed by atoms with E-state index in [0.717, 1.165) is 24.7 Å². The highest BCUT2D eigenvalue weighted by atomic mass is 16.2. The van der Waals surface area contributed by atoms with Crippen LogP contribution >= 0.6 is 0 Å². The molecule has 1 heterocycles. The van der Waals surface area contributed by atoms with Gasteiger partial charge in [0.2, 0.25) is 0 Å². The molecule has 1 aliphatic carbocycles. The van der Waals surface area contributed by atoms with Crippen LogP contribution in [0.5, 0.6) is 0 Å². The fourth-order valence-electron chi connectivity index (χ4n) is 5.13. The molecule has 29 heavy (non-hydrogen) atoms. The number of anilines is 1. The summed E-state index contributed by atoms with van der Waals surface area (Å²) in [6.45, 7) is 6.47. The molecule has 2 amide bonds. The second-order valence-corrected chi connectivity index (χ2v) is 8.96. The van der Waals surface area contributed by atoms with Crippen molar-refractivity contribution in [2.24, 2.45) is 5.92 Å². The van der Waals surface area contributed by atoms with Crippen LogP contribution in [0.3, 0.4) is 0 Å². The van der Waals surface area contributed by atoms with Crippen LogP contribution in [-0.2, 0) is 0 Å². The molecule has 3 rings (SSSR count). The largest absolute Gasteiger partial charge is 0.336 e. The van der Waals surface area contributed by atoms with E-state index < -0.39 is 0 Å². The number of amides is 2. The van der Waals surface area contributed by atoms with E-state index in [2.05, 4.69) is 34.4 Å². The highest BCUT2D eigenvalue weighted by Crippen LogP contribution is 2.29. The number of hydrogen-bond acceptors (Lipinski definition) is 3. The minimum atomic E-state index is -0.103. The summed E-state index contributed by atoms with van der Waals surface area (Å²) in [5.41, 5.74) is 0.840. The van der Waals surface area contributed by atoms with E-state index in [1.165, 1.54) is 57.9 Å². The molecule has 1 aliphatic heterocycles. The zero-order valence-electron chi connectivity index (χ0n) is 18.4. The SMILES string of the molecule is CCN1CCC[C@@H]1CN(C)[C@@H](CNC(=O)Nc1ccccc1)CC1CCCCC1. The first-order chi connectivity index (χ1) is 14.2. The number of nitrogens with one attached hydrogen (secondary N) is 2. The lowest BCUT2D eigenvalue weighted by atomic mass is 9.84. The number of benzene rings is 1. The molecule has 1 aromatic rings. The van der Waals surface area contributed by atoms with E-state index in [1.807, 2.05) is 30.3 Å². The van der Waals surface area contributed by atoms with Gasteiger partial charge in [0.05, 0.1) is 0 Å². The zero-order chi connectivity index (χ0) is 20.5. The Labute approximate surface area is 177 Å². The first-order valence-electron chi connectivity index (χ1n) is 11.7. The van der Waals surface area contributed by atoms with Gasteiger partial charge in [0, 0.05) is 30.9 Å². The van der Waals surface area contributed by atoms with Crippen LogP contribution in [-0.4, -0.2) is 61.1 Å². The molecule has 5 nitrogen and oxygen atoms in total. The van der Waals surface area contributed by atoms with Gasteiger partial charge in [0.25, 0.3) is 0 Å². The number of likely N-dealkylation sites (N-methyl/N-ethyl adjacent to an activating group) is 2. The quantitative estimate of drug-likeness (QED) is 0.639. The number of para-hydroxylation sites is 1. The molecule has 0 spiro atoms. The van der Waals surface area contributed by atoms with Crippen molar-refractivity contribution in [1.29, 1.82) is 0 Å². The monoisotopic (exact) mass is 400 g/mol. The fraction of sp³-hybridized carbons (Fsp3) is 0.708. The third-order valence-electron chi connectivity index (χ3n) is 6.89. The average Bonchev–Trinajstić information content (AvgIpc) is 3.19. The van der Waals surface area contributed by atoms with Crippen LogP contribution in [0.4, 0.5) is 10.5 Å². The molecular formula is C24H40N4O. The molecule has 0 bridgehead atoms. The van der Waals surface area contributed by atoms with Gasteiger partial charge < -0.3 is 15.5 Å². The number of rotatable bonds is 9. The zero-order valence-corrected chi connectivity index (χ0v) is 18.4. The number of carbonyl (C=O) groups excluding carboxylic acids is 1. The molecule has 1 saturated heterocycles. The molecule has 1 saturated carbocycles. The second-order valence-electron chi connectivity index (χ2n) is 8.96. The van der Waals surface area contributed by atoms with Gasteiger partial charge in [-0.1, -0.05) is 57.2 Å². The fourth-order valence-corrected chi connectivity index (χ4v) is 5.13. The minimum absolute atomic E-state index is 0.103. The maximum atomic E-state index is 12.4. The van der Waals surface area contributed by atoms with Crippen molar-refractivity contribution < 1.29 is 4.79 Å². The summed E-state index contributed by atoms with van der Waals surface area (Å²) in [6, 6.07) is 10.6. The Morgan fingerprint density at radius 1 is 1.14 bits per heavy atom.